The molecule has 0 saturated carbocycles. The van der Waals surface area contributed by atoms with Crippen molar-refractivity contribution in [3.05, 3.63) is 0 Å². The first-order valence-electron chi connectivity index (χ1n) is 5.68. The molecule has 1 amide bonds. The van der Waals surface area contributed by atoms with Crippen molar-refractivity contribution in [2.24, 2.45) is 17.6 Å². The van der Waals surface area contributed by atoms with Crippen LogP contribution in [0.4, 0.5) is 0 Å². The first kappa shape index (κ1) is 13.0. The predicted octanol–water partition coefficient (Wildman–Crippen LogP) is 0.293. The molecule has 0 radical (unpaired) electrons. The highest BCUT2D eigenvalue weighted by Crippen LogP contribution is 2.23. The molecule has 1 rings (SSSR count). The summed E-state index contributed by atoms with van der Waals surface area (Å²) in [5.74, 6) is -1.17. The molecule has 0 aromatic carbocycles. The minimum Gasteiger partial charge on any atom is -0.481 e. The van der Waals surface area contributed by atoms with Gasteiger partial charge in [-0.1, -0.05) is 6.92 Å². The zero-order valence-corrected chi connectivity index (χ0v) is 9.85. The van der Waals surface area contributed by atoms with Crippen molar-refractivity contribution in [3.8, 4) is 0 Å². The minimum atomic E-state index is -0.810. The average molecular weight is 228 g/mol. The second-order valence-corrected chi connectivity index (χ2v) is 4.74. The number of likely N-dealkylation sites (tertiary alicyclic amines) is 1. The smallest absolute Gasteiger partial charge is 0.308 e. The monoisotopic (exact) mass is 228 g/mol. The Labute approximate surface area is 95.6 Å². The fourth-order valence-corrected chi connectivity index (χ4v) is 2.00. The second-order valence-electron chi connectivity index (χ2n) is 4.74. The van der Waals surface area contributed by atoms with Gasteiger partial charge in [0.25, 0.3) is 0 Å². The fourth-order valence-electron chi connectivity index (χ4n) is 2.00. The molecule has 0 aliphatic carbocycles. The first-order valence-corrected chi connectivity index (χ1v) is 5.68. The summed E-state index contributed by atoms with van der Waals surface area (Å²) in [5, 5.41) is 8.94. The quantitative estimate of drug-likeness (QED) is 0.724. The van der Waals surface area contributed by atoms with Crippen molar-refractivity contribution in [2.75, 3.05) is 13.1 Å². The summed E-state index contributed by atoms with van der Waals surface area (Å²) in [6.07, 6.45) is 1.07. The van der Waals surface area contributed by atoms with Gasteiger partial charge in [0, 0.05) is 25.6 Å². The Morgan fingerprint density at radius 1 is 1.50 bits per heavy atom. The van der Waals surface area contributed by atoms with Crippen LogP contribution in [0.2, 0.25) is 0 Å². The lowest BCUT2D eigenvalue weighted by atomic mass is 9.99. The van der Waals surface area contributed by atoms with E-state index < -0.39 is 11.9 Å². The molecule has 3 unspecified atom stereocenters. The van der Waals surface area contributed by atoms with Crippen LogP contribution in [0.3, 0.4) is 0 Å². The van der Waals surface area contributed by atoms with Gasteiger partial charge in [0.1, 0.15) is 0 Å². The lowest BCUT2D eigenvalue weighted by Gasteiger charge is -2.16. The molecule has 1 aliphatic heterocycles. The molecule has 92 valence electrons. The fraction of sp³-hybridized carbons (Fsp3) is 0.818. The summed E-state index contributed by atoms with van der Waals surface area (Å²) in [7, 11) is 0. The minimum absolute atomic E-state index is 0.0132. The number of carbonyl (C=O) groups excluding carboxylic acids is 1. The van der Waals surface area contributed by atoms with Crippen LogP contribution in [-0.2, 0) is 9.59 Å². The van der Waals surface area contributed by atoms with Gasteiger partial charge < -0.3 is 15.7 Å². The van der Waals surface area contributed by atoms with Gasteiger partial charge in [0.2, 0.25) is 5.91 Å². The van der Waals surface area contributed by atoms with Crippen LogP contribution in [0.15, 0.2) is 0 Å². The van der Waals surface area contributed by atoms with E-state index in [9.17, 15) is 9.59 Å². The van der Waals surface area contributed by atoms with E-state index in [4.69, 9.17) is 10.8 Å². The summed E-state index contributed by atoms with van der Waals surface area (Å²) >= 11 is 0. The van der Waals surface area contributed by atoms with Crippen molar-refractivity contribution >= 4 is 11.9 Å². The Kier molecular flexibility index (Phi) is 4.29. The number of aliphatic carboxylic acids is 1. The zero-order chi connectivity index (χ0) is 12.3. The van der Waals surface area contributed by atoms with Crippen LogP contribution in [0.1, 0.15) is 26.7 Å². The Hall–Kier alpha value is -1.10. The van der Waals surface area contributed by atoms with Crippen LogP contribution in [-0.4, -0.2) is 41.0 Å². The number of carboxylic acid groups (broad SMARTS) is 1. The molecular formula is C11H20N2O3. The van der Waals surface area contributed by atoms with Gasteiger partial charge in [-0.25, -0.2) is 0 Å². The van der Waals surface area contributed by atoms with E-state index in [0.717, 1.165) is 0 Å². The maximum absolute atomic E-state index is 11.7. The largest absolute Gasteiger partial charge is 0.481 e. The highest BCUT2D eigenvalue weighted by molar-refractivity contribution is 5.79. The SMILES string of the molecule is CC(N)CCC(=O)N1CC(C)C(C(=O)O)C1. The predicted molar refractivity (Wildman–Crippen MR) is 59.8 cm³/mol. The number of nitrogens with two attached hydrogens (primary N) is 1. The number of nitrogens with zero attached hydrogens (tertiary/aromatic N) is 1. The van der Waals surface area contributed by atoms with Crippen molar-refractivity contribution in [2.45, 2.75) is 32.7 Å². The van der Waals surface area contributed by atoms with Crippen LogP contribution >= 0.6 is 0 Å². The summed E-state index contributed by atoms with van der Waals surface area (Å²) < 4.78 is 0. The van der Waals surface area contributed by atoms with Gasteiger partial charge in [-0.3, -0.25) is 9.59 Å². The van der Waals surface area contributed by atoms with E-state index in [0.29, 0.717) is 25.9 Å². The Morgan fingerprint density at radius 2 is 2.12 bits per heavy atom. The second kappa shape index (κ2) is 5.30. The Bertz CT molecular complexity index is 278. The molecule has 5 heteroatoms. The summed E-state index contributed by atoms with van der Waals surface area (Å²) in [4.78, 5) is 24.3. The van der Waals surface area contributed by atoms with E-state index >= 15 is 0 Å². The topological polar surface area (TPSA) is 83.6 Å². The number of amides is 1. The molecule has 1 heterocycles. The summed E-state index contributed by atoms with van der Waals surface area (Å²) in [6.45, 7) is 4.63. The van der Waals surface area contributed by atoms with E-state index in [-0.39, 0.29) is 17.9 Å². The van der Waals surface area contributed by atoms with Crippen molar-refractivity contribution in [1.82, 2.24) is 4.90 Å². The molecule has 1 aliphatic rings. The van der Waals surface area contributed by atoms with Gasteiger partial charge in [0.05, 0.1) is 5.92 Å². The first-order chi connectivity index (χ1) is 7.41. The number of hydrogen-bond donors (Lipinski definition) is 2. The third-order valence-electron chi connectivity index (χ3n) is 3.10. The van der Waals surface area contributed by atoms with Gasteiger partial charge in [-0.15, -0.1) is 0 Å². The number of carbonyl (C=O) groups is 2. The zero-order valence-electron chi connectivity index (χ0n) is 9.85. The average Bonchev–Trinajstić information content (AvgIpc) is 2.56. The van der Waals surface area contributed by atoms with Crippen LogP contribution in [0.5, 0.6) is 0 Å². The Balaban J connectivity index is 2.45. The van der Waals surface area contributed by atoms with E-state index in [1.165, 1.54) is 0 Å². The third kappa shape index (κ3) is 3.20. The van der Waals surface area contributed by atoms with Crippen molar-refractivity contribution < 1.29 is 14.7 Å². The summed E-state index contributed by atoms with van der Waals surface area (Å²) in [6, 6.07) is 0.0132. The molecule has 0 spiro atoms. The van der Waals surface area contributed by atoms with Gasteiger partial charge >= 0.3 is 5.97 Å². The molecule has 3 N–H and O–H groups in total. The standard InChI is InChI=1S/C11H20N2O3/c1-7-5-13(6-9(7)11(15)16)10(14)4-3-8(2)12/h7-9H,3-6,12H2,1-2H3,(H,15,16). The molecule has 5 nitrogen and oxygen atoms in total. The van der Waals surface area contributed by atoms with Gasteiger partial charge in [-0.05, 0) is 19.3 Å². The highest BCUT2D eigenvalue weighted by atomic mass is 16.4. The van der Waals surface area contributed by atoms with E-state index in [2.05, 4.69) is 0 Å². The van der Waals surface area contributed by atoms with Crippen LogP contribution in [0, 0.1) is 11.8 Å². The van der Waals surface area contributed by atoms with E-state index in [1.54, 1.807) is 4.90 Å². The molecule has 3 atom stereocenters. The van der Waals surface area contributed by atoms with Gasteiger partial charge in [-0.2, -0.15) is 0 Å². The number of rotatable bonds is 4. The molecule has 16 heavy (non-hydrogen) atoms. The van der Waals surface area contributed by atoms with E-state index in [1.807, 2.05) is 13.8 Å². The van der Waals surface area contributed by atoms with Crippen LogP contribution in [0.25, 0.3) is 0 Å². The molecular weight excluding hydrogens is 208 g/mol. The van der Waals surface area contributed by atoms with Crippen molar-refractivity contribution in [3.63, 3.8) is 0 Å². The Morgan fingerprint density at radius 3 is 2.56 bits per heavy atom. The van der Waals surface area contributed by atoms with Gasteiger partial charge in [0.15, 0.2) is 0 Å². The molecule has 0 aromatic rings. The maximum atomic E-state index is 11.7. The highest BCUT2D eigenvalue weighted by Gasteiger charge is 2.36. The molecule has 0 bridgehead atoms. The number of hydrogen-bond acceptors (Lipinski definition) is 3. The molecule has 1 saturated heterocycles. The van der Waals surface area contributed by atoms with Crippen molar-refractivity contribution in [1.29, 1.82) is 0 Å². The molecule has 0 aromatic heterocycles. The van der Waals surface area contributed by atoms with Crippen LogP contribution < -0.4 is 5.73 Å². The molecule has 1 fully saturated rings. The lowest BCUT2D eigenvalue weighted by molar-refractivity contribution is -0.142. The third-order valence-corrected chi connectivity index (χ3v) is 3.10. The summed E-state index contributed by atoms with van der Waals surface area (Å²) in [5.41, 5.74) is 5.58. The normalized spacial score (nSPS) is 26.8. The number of carboxylic acids is 1. The maximum Gasteiger partial charge on any atom is 0.308 e. The lowest BCUT2D eigenvalue weighted by Crippen LogP contribution is -2.31.